The number of carbonyl (C=O) groups excluding carboxylic acids is 1. The van der Waals surface area contributed by atoms with Crippen molar-refractivity contribution >= 4 is 5.78 Å². The van der Waals surface area contributed by atoms with Crippen molar-refractivity contribution in [1.82, 2.24) is 0 Å². The molecule has 1 aromatic rings. The van der Waals surface area contributed by atoms with Crippen molar-refractivity contribution in [3.8, 4) is 0 Å². The lowest BCUT2D eigenvalue weighted by Crippen LogP contribution is -2.15. The van der Waals surface area contributed by atoms with Gasteiger partial charge in [-0.25, -0.2) is 0 Å². The van der Waals surface area contributed by atoms with Crippen LogP contribution in [0.1, 0.15) is 68.9 Å². The lowest BCUT2D eigenvalue weighted by atomic mass is 9.83. The molecule has 0 aromatic heterocycles. The molecular formula is C18H29NO. The molecule has 0 unspecified atom stereocenters. The van der Waals surface area contributed by atoms with Crippen LogP contribution >= 0.6 is 0 Å². The molecule has 2 heteroatoms. The Bertz CT molecular complexity index is 455. The Morgan fingerprint density at radius 3 is 2.30 bits per heavy atom. The number of unbranched alkanes of at least 4 members (excludes halogenated alkanes) is 1. The van der Waals surface area contributed by atoms with E-state index in [-0.39, 0.29) is 17.1 Å². The first-order chi connectivity index (χ1) is 9.25. The van der Waals surface area contributed by atoms with E-state index in [1.807, 2.05) is 13.8 Å². The van der Waals surface area contributed by atoms with E-state index in [4.69, 9.17) is 5.73 Å². The molecule has 1 aromatic carbocycles. The SMILES string of the molecule is CC(C)C(=O)c1cc(CCCCN)cc(C(C)(C)C)c1. The summed E-state index contributed by atoms with van der Waals surface area (Å²) in [6, 6.07) is 6.37. The standard InChI is InChI=1S/C18H29NO/c1-13(2)17(20)15-10-14(8-6-7-9-19)11-16(12-15)18(3,4)5/h10-13H,6-9,19H2,1-5H3. The van der Waals surface area contributed by atoms with E-state index in [1.165, 1.54) is 11.1 Å². The fourth-order valence-electron chi connectivity index (χ4n) is 2.22. The second-order valence-corrected chi connectivity index (χ2v) is 6.93. The summed E-state index contributed by atoms with van der Waals surface area (Å²) in [5, 5.41) is 0. The Morgan fingerprint density at radius 1 is 1.15 bits per heavy atom. The van der Waals surface area contributed by atoms with Gasteiger partial charge in [0.15, 0.2) is 5.78 Å². The maximum atomic E-state index is 12.3. The first kappa shape index (κ1) is 16.9. The molecule has 0 saturated heterocycles. The van der Waals surface area contributed by atoms with Crippen molar-refractivity contribution < 1.29 is 4.79 Å². The van der Waals surface area contributed by atoms with Crippen molar-refractivity contribution in [2.45, 2.75) is 59.3 Å². The predicted octanol–water partition coefficient (Wildman–Crippen LogP) is 4.10. The van der Waals surface area contributed by atoms with Gasteiger partial charge in [0.05, 0.1) is 0 Å². The molecule has 0 amide bonds. The quantitative estimate of drug-likeness (QED) is 0.627. The lowest BCUT2D eigenvalue weighted by Gasteiger charge is -2.21. The smallest absolute Gasteiger partial charge is 0.165 e. The largest absolute Gasteiger partial charge is 0.330 e. The van der Waals surface area contributed by atoms with Gasteiger partial charge in [-0.05, 0) is 54.5 Å². The van der Waals surface area contributed by atoms with Gasteiger partial charge in [-0.3, -0.25) is 4.79 Å². The molecular weight excluding hydrogens is 246 g/mol. The minimum atomic E-state index is 0.0436. The van der Waals surface area contributed by atoms with Crippen LogP contribution in [0.2, 0.25) is 0 Å². The first-order valence-electron chi connectivity index (χ1n) is 7.64. The van der Waals surface area contributed by atoms with E-state index in [0.717, 1.165) is 31.4 Å². The summed E-state index contributed by atoms with van der Waals surface area (Å²) >= 11 is 0. The van der Waals surface area contributed by atoms with Crippen LogP contribution in [-0.4, -0.2) is 12.3 Å². The first-order valence-corrected chi connectivity index (χ1v) is 7.64. The highest BCUT2D eigenvalue weighted by atomic mass is 16.1. The Balaban J connectivity index is 3.11. The van der Waals surface area contributed by atoms with E-state index in [0.29, 0.717) is 0 Å². The number of benzene rings is 1. The van der Waals surface area contributed by atoms with Crippen molar-refractivity contribution in [3.63, 3.8) is 0 Å². The molecule has 0 aliphatic heterocycles. The van der Waals surface area contributed by atoms with Crippen molar-refractivity contribution in [3.05, 3.63) is 34.9 Å². The maximum Gasteiger partial charge on any atom is 0.165 e. The number of carbonyl (C=O) groups is 1. The maximum absolute atomic E-state index is 12.3. The monoisotopic (exact) mass is 275 g/mol. The molecule has 0 fully saturated rings. The molecule has 2 N–H and O–H groups in total. The second-order valence-electron chi connectivity index (χ2n) is 6.93. The highest BCUT2D eigenvalue weighted by Crippen LogP contribution is 2.26. The zero-order chi connectivity index (χ0) is 15.3. The van der Waals surface area contributed by atoms with Gasteiger partial charge in [0.2, 0.25) is 0 Å². The number of nitrogens with two attached hydrogens (primary N) is 1. The Hall–Kier alpha value is -1.15. The van der Waals surface area contributed by atoms with E-state index in [9.17, 15) is 4.79 Å². The molecule has 20 heavy (non-hydrogen) atoms. The third-order valence-electron chi connectivity index (χ3n) is 3.59. The van der Waals surface area contributed by atoms with E-state index in [2.05, 4.69) is 39.0 Å². The van der Waals surface area contributed by atoms with Gasteiger partial charge in [-0.15, -0.1) is 0 Å². The van der Waals surface area contributed by atoms with Gasteiger partial charge in [0.1, 0.15) is 0 Å². The van der Waals surface area contributed by atoms with E-state index < -0.39 is 0 Å². The third kappa shape index (κ3) is 4.75. The number of aryl methyl sites for hydroxylation is 1. The molecule has 0 saturated carbocycles. The van der Waals surface area contributed by atoms with Gasteiger partial charge in [0, 0.05) is 11.5 Å². The lowest BCUT2D eigenvalue weighted by molar-refractivity contribution is 0.0939. The van der Waals surface area contributed by atoms with E-state index >= 15 is 0 Å². The molecule has 2 nitrogen and oxygen atoms in total. The van der Waals surface area contributed by atoms with Gasteiger partial charge in [0.25, 0.3) is 0 Å². The van der Waals surface area contributed by atoms with Gasteiger partial charge >= 0.3 is 0 Å². The average molecular weight is 275 g/mol. The minimum absolute atomic E-state index is 0.0436. The predicted molar refractivity (Wildman–Crippen MR) is 86.3 cm³/mol. The Kier molecular flexibility index (Phi) is 5.94. The van der Waals surface area contributed by atoms with Crippen LogP contribution in [0.15, 0.2) is 18.2 Å². The van der Waals surface area contributed by atoms with Crippen LogP contribution < -0.4 is 5.73 Å². The summed E-state index contributed by atoms with van der Waals surface area (Å²) in [6.45, 7) is 11.2. The van der Waals surface area contributed by atoms with Crippen LogP contribution in [0.3, 0.4) is 0 Å². The topological polar surface area (TPSA) is 43.1 Å². The van der Waals surface area contributed by atoms with Crippen molar-refractivity contribution in [2.75, 3.05) is 6.54 Å². The highest BCUT2D eigenvalue weighted by Gasteiger charge is 2.18. The number of hydrogen-bond donors (Lipinski definition) is 1. The zero-order valence-corrected chi connectivity index (χ0v) is 13.6. The summed E-state index contributed by atoms with van der Waals surface area (Å²) < 4.78 is 0. The number of rotatable bonds is 6. The summed E-state index contributed by atoms with van der Waals surface area (Å²) in [4.78, 5) is 12.3. The average Bonchev–Trinajstić information content (AvgIpc) is 2.36. The van der Waals surface area contributed by atoms with Gasteiger partial charge in [-0.1, -0.05) is 40.7 Å². The fraction of sp³-hybridized carbons (Fsp3) is 0.611. The third-order valence-corrected chi connectivity index (χ3v) is 3.59. The van der Waals surface area contributed by atoms with Crippen LogP contribution in [0.4, 0.5) is 0 Å². The molecule has 0 bridgehead atoms. The summed E-state index contributed by atoms with van der Waals surface area (Å²) in [5.74, 6) is 0.276. The van der Waals surface area contributed by atoms with Crippen LogP contribution in [0, 0.1) is 5.92 Å². The van der Waals surface area contributed by atoms with Crippen LogP contribution in [0.5, 0.6) is 0 Å². The molecule has 0 spiro atoms. The summed E-state index contributed by atoms with van der Waals surface area (Å²) in [5.41, 5.74) is 8.98. The van der Waals surface area contributed by atoms with Gasteiger partial charge < -0.3 is 5.73 Å². The van der Waals surface area contributed by atoms with Crippen LogP contribution in [0.25, 0.3) is 0 Å². The Morgan fingerprint density at radius 2 is 1.80 bits per heavy atom. The molecule has 0 aliphatic carbocycles. The second kappa shape index (κ2) is 7.03. The zero-order valence-electron chi connectivity index (χ0n) is 13.6. The molecule has 0 radical (unpaired) electrons. The number of ketones is 1. The van der Waals surface area contributed by atoms with Crippen molar-refractivity contribution in [2.24, 2.45) is 11.7 Å². The molecule has 112 valence electrons. The van der Waals surface area contributed by atoms with Gasteiger partial charge in [-0.2, -0.15) is 0 Å². The minimum Gasteiger partial charge on any atom is -0.330 e. The fourth-order valence-corrected chi connectivity index (χ4v) is 2.22. The molecule has 0 atom stereocenters. The highest BCUT2D eigenvalue weighted by molar-refractivity contribution is 5.97. The summed E-state index contributed by atoms with van der Waals surface area (Å²) in [7, 11) is 0. The van der Waals surface area contributed by atoms with Crippen LogP contribution in [-0.2, 0) is 11.8 Å². The van der Waals surface area contributed by atoms with E-state index in [1.54, 1.807) is 0 Å². The Labute approximate surface area is 123 Å². The van der Waals surface area contributed by atoms with Crippen molar-refractivity contribution in [1.29, 1.82) is 0 Å². The summed E-state index contributed by atoms with van der Waals surface area (Å²) in [6.07, 6.45) is 3.12. The molecule has 0 aliphatic rings. The number of hydrogen-bond acceptors (Lipinski definition) is 2. The number of Topliss-reactive ketones (excluding diaryl/α,β-unsaturated/α-hetero) is 1. The normalized spacial score (nSPS) is 11.9. The molecule has 0 heterocycles. The molecule has 1 rings (SSSR count).